The highest BCUT2D eigenvalue weighted by Gasteiger charge is 2.23. The van der Waals surface area contributed by atoms with Crippen LogP contribution in [0.3, 0.4) is 0 Å². The molecule has 108 valence electrons. The van der Waals surface area contributed by atoms with Crippen LogP contribution in [0.4, 0.5) is 0 Å². The van der Waals surface area contributed by atoms with Gasteiger partial charge < -0.3 is 4.90 Å². The van der Waals surface area contributed by atoms with Gasteiger partial charge in [-0.15, -0.1) is 0 Å². The summed E-state index contributed by atoms with van der Waals surface area (Å²) in [5.41, 5.74) is 0.253. The average molecular weight is 273 g/mol. The highest BCUT2D eigenvalue weighted by molar-refractivity contribution is 7.42. The van der Waals surface area contributed by atoms with E-state index >= 15 is 0 Å². The molecular formula is C15H32NOP. The van der Waals surface area contributed by atoms with Crippen molar-refractivity contribution in [1.29, 1.82) is 0 Å². The maximum absolute atomic E-state index is 11.3. The van der Waals surface area contributed by atoms with Gasteiger partial charge >= 0.3 is 0 Å². The molecule has 1 aliphatic rings. The highest BCUT2D eigenvalue weighted by Crippen LogP contribution is 2.33. The van der Waals surface area contributed by atoms with E-state index in [1.807, 2.05) is 32.6 Å². The first-order valence-corrected chi connectivity index (χ1v) is 8.59. The molecule has 0 bridgehead atoms. The lowest BCUT2D eigenvalue weighted by molar-refractivity contribution is -0.128. The second-order valence-corrected chi connectivity index (χ2v) is 5.74. The van der Waals surface area contributed by atoms with Crippen molar-refractivity contribution >= 4 is 14.5 Å². The SMILES string of the molecule is CC.CC.CPC1=CC(C)(C)CCN(C(C)=O)C1. The number of carbonyl (C=O) groups is 1. The number of nitrogens with zero attached hydrogens (tertiary/aromatic N) is 1. The quantitative estimate of drug-likeness (QED) is 0.644. The molecule has 2 nitrogen and oxygen atoms in total. The molecular weight excluding hydrogens is 241 g/mol. The van der Waals surface area contributed by atoms with Gasteiger partial charge in [0.25, 0.3) is 0 Å². The van der Waals surface area contributed by atoms with Gasteiger partial charge in [-0.05, 0) is 23.8 Å². The van der Waals surface area contributed by atoms with E-state index in [1.54, 1.807) is 6.92 Å². The zero-order valence-corrected chi connectivity index (χ0v) is 14.6. The first-order valence-electron chi connectivity index (χ1n) is 7.09. The third-order valence-electron chi connectivity index (χ3n) is 2.72. The Morgan fingerprint density at radius 1 is 1.28 bits per heavy atom. The number of allylic oxidation sites excluding steroid dienone is 1. The van der Waals surface area contributed by atoms with Crippen LogP contribution in [0.1, 0.15) is 54.9 Å². The molecule has 0 spiro atoms. The van der Waals surface area contributed by atoms with Crippen LogP contribution >= 0.6 is 8.58 Å². The van der Waals surface area contributed by atoms with E-state index in [1.165, 1.54) is 5.31 Å². The van der Waals surface area contributed by atoms with E-state index in [-0.39, 0.29) is 11.3 Å². The molecule has 1 rings (SSSR count). The molecule has 0 saturated carbocycles. The summed E-state index contributed by atoms with van der Waals surface area (Å²) in [5, 5.41) is 1.42. The zero-order valence-electron chi connectivity index (χ0n) is 13.6. The fourth-order valence-corrected chi connectivity index (χ4v) is 2.60. The van der Waals surface area contributed by atoms with Crippen molar-refractivity contribution in [3.8, 4) is 0 Å². The van der Waals surface area contributed by atoms with Gasteiger partial charge in [-0.25, -0.2) is 0 Å². The second kappa shape index (κ2) is 10.6. The Labute approximate surface area is 116 Å². The third-order valence-corrected chi connectivity index (χ3v) is 3.66. The Balaban J connectivity index is 0. The van der Waals surface area contributed by atoms with Crippen LogP contribution in [0.25, 0.3) is 0 Å². The van der Waals surface area contributed by atoms with E-state index in [2.05, 4.69) is 26.6 Å². The standard InChI is InChI=1S/C11H20NOP.2C2H6/c1-9(13)12-6-5-11(2,3)7-10(8-12)14-4;2*1-2/h7,14H,5-6,8H2,1-4H3;2*1-2H3. The first-order chi connectivity index (χ1) is 8.44. The summed E-state index contributed by atoms with van der Waals surface area (Å²) < 4.78 is 0. The molecule has 0 fully saturated rings. The summed E-state index contributed by atoms with van der Waals surface area (Å²) in [6.07, 6.45) is 3.43. The van der Waals surface area contributed by atoms with Crippen molar-refractivity contribution in [1.82, 2.24) is 4.90 Å². The van der Waals surface area contributed by atoms with Gasteiger partial charge in [0.05, 0.1) is 0 Å². The molecule has 1 amide bonds. The van der Waals surface area contributed by atoms with Crippen molar-refractivity contribution in [3.05, 3.63) is 11.4 Å². The molecule has 1 atom stereocenters. The molecule has 0 aliphatic carbocycles. The van der Waals surface area contributed by atoms with Crippen LogP contribution in [-0.4, -0.2) is 30.6 Å². The van der Waals surface area contributed by atoms with Gasteiger partial charge in [0, 0.05) is 20.0 Å². The van der Waals surface area contributed by atoms with E-state index in [9.17, 15) is 4.79 Å². The summed E-state index contributed by atoms with van der Waals surface area (Å²) in [6, 6.07) is 0. The minimum atomic E-state index is 0.201. The predicted octanol–water partition coefficient (Wildman–Crippen LogP) is 4.51. The fourth-order valence-electron chi connectivity index (χ4n) is 1.72. The molecule has 0 aromatic carbocycles. The maximum Gasteiger partial charge on any atom is 0.219 e. The molecule has 3 heteroatoms. The molecule has 0 aromatic heterocycles. The van der Waals surface area contributed by atoms with Gasteiger partial charge in [-0.2, -0.15) is 0 Å². The molecule has 0 saturated heterocycles. The number of amides is 1. The van der Waals surface area contributed by atoms with Crippen LogP contribution in [0.5, 0.6) is 0 Å². The van der Waals surface area contributed by atoms with Crippen LogP contribution in [0.2, 0.25) is 0 Å². The van der Waals surface area contributed by atoms with E-state index in [0.717, 1.165) is 28.1 Å². The second-order valence-electron chi connectivity index (χ2n) is 4.60. The number of hydrogen-bond donors (Lipinski definition) is 0. The summed E-state index contributed by atoms with van der Waals surface area (Å²) in [4.78, 5) is 13.3. The predicted molar refractivity (Wildman–Crippen MR) is 85.7 cm³/mol. The van der Waals surface area contributed by atoms with Gasteiger partial charge in [-0.1, -0.05) is 56.2 Å². The smallest absolute Gasteiger partial charge is 0.219 e. The number of hydrogen-bond acceptors (Lipinski definition) is 1. The Hall–Kier alpha value is -0.360. The van der Waals surface area contributed by atoms with Crippen molar-refractivity contribution in [2.24, 2.45) is 5.41 Å². The Morgan fingerprint density at radius 2 is 1.78 bits per heavy atom. The van der Waals surface area contributed by atoms with Crippen molar-refractivity contribution in [2.45, 2.75) is 54.9 Å². The Kier molecular flexibility index (Phi) is 11.7. The Morgan fingerprint density at radius 3 is 2.17 bits per heavy atom. The molecule has 1 unspecified atom stereocenters. The summed E-state index contributed by atoms with van der Waals surface area (Å²) in [7, 11) is 0.815. The van der Waals surface area contributed by atoms with Gasteiger partial charge in [0.2, 0.25) is 5.91 Å². The maximum atomic E-state index is 11.3. The fraction of sp³-hybridized carbons (Fsp3) is 0.800. The van der Waals surface area contributed by atoms with E-state index in [0.29, 0.717) is 0 Å². The highest BCUT2D eigenvalue weighted by atomic mass is 31.1. The summed E-state index contributed by atoms with van der Waals surface area (Å²) >= 11 is 0. The summed E-state index contributed by atoms with van der Waals surface area (Å²) in [6.45, 7) is 18.1. The monoisotopic (exact) mass is 273 g/mol. The number of carbonyl (C=O) groups excluding carboxylic acids is 1. The minimum Gasteiger partial charge on any atom is -0.339 e. The molecule has 1 heterocycles. The zero-order chi connectivity index (χ0) is 14.8. The lowest BCUT2D eigenvalue weighted by Crippen LogP contribution is -2.30. The summed E-state index contributed by atoms with van der Waals surface area (Å²) in [5.74, 6) is 0.201. The molecule has 0 aromatic rings. The van der Waals surface area contributed by atoms with Crippen LogP contribution in [-0.2, 0) is 4.79 Å². The van der Waals surface area contributed by atoms with Gasteiger partial charge in [0.1, 0.15) is 0 Å². The minimum absolute atomic E-state index is 0.201. The van der Waals surface area contributed by atoms with Gasteiger partial charge in [-0.3, -0.25) is 4.79 Å². The molecule has 0 N–H and O–H groups in total. The van der Waals surface area contributed by atoms with E-state index < -0.39 is 0 Å². The normalized spacial score (nSPS) is 18.0. The number of rotatable bonds is 1. The lowest BCUT2D eigenvalue weighted by Gasteiger charge is -2.21. The molecule has 1 aliphatic heterocycles. The molecule has 0 radical (unpaired) electrons. The van der Waals surface area contributed by atoms with Crippen molar-refractivity contribution in [3.63, 3.8) is 0 Å². The van der Waals surface area contributed by atoms with Gasteiger partial charge in [0.15, 0.2) is 0 Å². The van der Waals surface area contributed by atoms with E-state index in [4.69, 9.17) is 0 Å². The average Bonchev–Trinajstić information content (AvgIpc) is 2.52. The van der Waals surface area contributed by atoms with Crippen LogP contribution in [0.15, 0.2) is 11.4 Å². The Bertz CT molecular complexity index is 259. The topological polar surface area (TPSA) is 20.3 Å². The largest absolute Gasteiger partial charge is 0.339 e. The van der Waals surface area contributed by atoms with Crippen molar-refractivity contribution < 1.29 is 4.79 Å². The lowest BCUT2D eigenvalue weighted by atomic mass is 9.89. The van der Waals surface area contributed by atoms with Crippen molar-refractivity contribution in [2.75, 3.05) is 19.8 Å². The first kappa shape index (κ1) is 20.0. The third kappa shape index (κ3) is 7.87. The molecule has 18 heavy (non-hydrogen) atoms. The van der Waals surface area contributed by atoms with Crippen LogP contribution in [0, 0.1) is 5.41 Å². The van der Waals surface area contributed by atoms with Crippen LogP contribution < -0.4 is 0 Å².